The Morgan fingerprint density at radius 3 is 2.59 bits per heavy atom. The van der Waals surface area contributed by atoms with E-state index in [2.05, 4.69) is 20.9 Å². The minimum atomic E-state index is -1.67. The zero-order valence-electron chi connectivity index (χ0n) is 18.5. The van der Waals surface area contributed by atoms with Gasteiger partial charge in [-0.2, -0.15) is 0 Å². The lowest BCUT2D eigenvalue weighted by Crippen LogP contribution is -2.48. The number of carbonyl (C=O) groups excluding carboxylic acids is 2. The number of amides is 2. The molecule has 2 atom stereocenters. The molecular formula is C25H22BrClFN3O3. The number of halogens is 3. The molecule has 3 aromatic rings. The van der Waals surface area contributed by atoms with Gasteiger partial charge in [-0.15, -0.1) is 0 Å². The van der Waals surface area contributed by atoms with Crippen LogP contribution in [0.15, 0.2) is 59.2 Å². The second-order valence-electron chi connectivity index (χ2n) is 8.29. The highest BCUT2D eigenvalue weighted by atomic mass is 79.9. The van der Waals surface area contributed by atoms with Crippen LogP contribution in [0.3, 0.4) is 0 Å². The highest BCUT2D eigenvalue weighted by molar-refractivity contribution is 9.10. The maximum Gasteiger partial charge on any atom is 0.257 e. The van der Waals surface area contributed by atoms with E-state index < -0.39 is 29.3 Å². The molecule has 9 heteroatoms. The molecule has 6 nitrogen and oxygen atoms in total. The number of fused-ring (bicyclic) bond motifs is 1. The van der Waals surface area contributed by atoms with Crippen LogP contribution in [0.4, 0.5) is 4.39 Å². The highest BCUT2D eigenvalue weighted by Crippen LogP contribution is 2.48. The Hall–Kier alpha value is -2.81. The Kier molecular flexibility index (Phi) is 6.75. The zero-order chi connectivity index (χ0) is 24.6. The summed E-state index contributed by atoms with van der Waals surface area (Å²) in [4.78, 5) is 31.3. The van der Waals surface area contributed by atoms with Crippen molar-refractivity contribution in [2.24, 2.45) is 11.7 Å². The maximum absolute atomic E-state index is 15.6. The summed E-state index contributed by atoms with van der Waals surface area (Å²) in [7, 11) is 0. The third kappa shape index (κ3) is 4.33. The van der Waals surface area contributed by atoms with Crippen LogP contribution in [0.1, 0.15) is 39.7 Å². The van der Waals surface area contributed by atoms with Crippen LogP contribution in [0, 0.1) is 18.7 Å². The minimum Gasteiger partial charge on any atom is -0.369 e. The number of rotatable bonds is 7. The van der Waals surface area contributed by atoms with E-state index in [-0.39, 0.29) is 24.3 Å². The molecule has 0 radical (unpaired) electrons. The number of nitrogens with zero attached hydrogens (tertiary/aromatic N) is 2. The average Bonchev–Trinajstić information content (AvgIpc) is 3.02. The molecule has 0 spiro atoms. The second kappa shape index (κ2) is 9.44. The number of aryl methyl sites for hydroxylation is 1. The van der Waals surface area contributed by atoms with Crippen molar-refractivity contribution in [1.82, 2.24) is 9.88 Å². The number of nitrogens with two attached hydrogens (primary N) is 1. The van der Waals surface area contributed by atoms with Crippen molar-refractivity contribution >= 4 is 39.3 Å². The number of primary amides is 1. The summed E-state index contributed by atoms with van der Waals surface area (Å²) in [6.07, 6.45) is 1.69. The van der Waals surface area contributed by atoms with Crippen molar-refractivity contribution in [2.75, 3.05) is 6.61 Å². The summed E-state index contributed by atoms with van der Waals surface area (Å²) in [5.41, 5.74) is 6.04. The first-order valence-corrected chi connectivity index (χ1v) is 11.7. The summed E-state index contributed by atoms with van der Waals surface area (Å²) in [6.45, 7) is 3.42. The molecule has 2 N–H and O–H groups in total. The number of ether oxygens (including phenoxy) is 1. The van der Waals surface area contributed by atoms with Gasteiger partial charge in [0.1, 0.15) is 5.82 Å². The van der Waals surface area contributed by atoms with Gasteiger partial charge in [0.15, 0.2) is 5.72 Å². The maximum atomic E-state index is 15.6. The first kappa shape index (κ1) is 24.3. The van der Waals surface area contributed by atoms with E-state index in [1.165, 1.54) is 11.0 Å². The fraction of sp³-hybridized carbons (Fsp3) is 0.240. The molecule has 1 aliphatic heterocycles. The lowest BCUT2D eigenvalue weighted by Gasteiger charge is -2.40. The summed E-state index contributed by atoms with van der Waals surface area (Å²) >= 11 is 9.40. The van der Waals surface area contributed by atoms with Crippen molar-refractivity contribution in [3.8, 4) is 0 Å². The average molecular weight is 547 g/mol. The Morgan fingerprint density at radius 1 is 1.26 bits per heavy atom. The lowest BCUT2D eigenvalue weighted by molar-refractivity contribution is -0.138. The second-order valence-corrected chi connectivity index (χ2v) is 9.65. The monoisotopic (exact) mass is 545 g/mol. The van der Waals surface area contributed by atoms with E-state index in [0.29, 0.717) is 20.8 Å². The smallest absolute Gasteiger partial charge is 0.257 e. The van der Waals surface area contributed by atoms with Gasteiger partial charge >= 0.3 is 0 Å². The Labute approximate surface area is 210 Å². The van der Waals surface area contributed by atoms with Crippen LogP contribution in [0.2, 0.25) is 5.02 Å². The van der Waals surface area contributed by atoms with E-state index in [1.807, 2.05) is 13.0 Å². The largest absolute Gasteiger partial charge is 0.369 e. The molecule has 1 aromatic heterocycles. The Balaban J connectivity index is 1.95. The molecule has 0 saturated carbocycles. The molecule has 4 rings (SSSR count). The van der Waals surface area contributed by atoms with Crippen LogP contribution in [-0.2, 0) is 21.8 Å². The van der Waals surface area contributed by atoms with Gasteiger partial charge in [0, 0.05) is 21.3 Å². The molecule has 1 unspecified atom stereocenters. The topological polar surface area (TPSA) is 85.5 Å². The van der Waals surface area contributed by atoms with E-state index in [0.717, 1.165) is 5.56 Å². The van der Waals surface area contributed by atoms with Crippen LogP contribution in [0.5, 0.6) is 0 Å². The van der Waals surface area contributed by atoms with Crippen molar-refractivity contribution in [2.45, 2.75) is 26.1 Å². The predicted octanol–water partition coefficient (Wildman–Crippen LogP) is 4.94. The first-order chi connectivity index (χ1) is 16.1. The van der Waals surface area contributed by atoms with Gasteiger partial charge < -0.3 is 10.5 Å². The third-order valence-electron chi connectivity index (χ3n) is 5.81. The molecule has 176 valence electrons. The van der Waals surface area contributed by atoms with Crippen molar-refractivity contribution in [3.05, 3.63) is 98.0 Å². The summed E-state index contributed by atoms with van der Waals surface area (Å²) in [6, 6.07) is 13.2. The Morgan fingerprint density at radius 2 is 1.97 bits per heavy atom. The Bertz CT molecular complexity index is 1250. The third-order valence-corrected chi connectivity index (χ3v) is 6.52. The van der Waals surface area contributed by atoms with Crippen LogP contribution >= 0.6 is 27.5 Å². The summed E-state index contributed by atoms with van der Waals surface area (Å²) in [5.74, 6) is -2.31. The first-order valence-electron chi connectivity index (χ1n) is 10.6. The van der Waals surface area contributed by atoms with Gasteiger partial charge in [0.05, 0.1) is 35.9 Å². The summed E-state index contributed by atoms with van der Waals surface area (Å²) < 4.78 is 22.4. The van der Waals surface area contributed by atoms with Crippen LogP contribution in [-0.4, -0.2) is 28.3 Å². The molecule has 0 fully saturated rings. The quantitative estimate of drug-likeness (QED) is 0.455. The predicted molar refractivity (Wildman–Crippen MR) is 129 cm³/mol. The van der Waals surface area contributed by atoms with Gasteiger partial charge in [-0.05, 0) is 42.8 Å². The normalized spacial score (nSPS) is 18.1. The number of hydrogen-bond donors (Lipinski definition) is 1. The standard InChI is InChI=1S/C25H22BrClFN3O3/c1-14-3-8-19(30-11-14)12-31-24(33)20-9-17(26)10-21(28)22(20)25(31,34-13-15(2)23(29)32)16-4-6-18(27)7-5-16/h3-11,15H,12-13H2,1-2H3,(H2,29,32)/t15-,25?/m0/s1. The van der Waals surface area contributed by atoms with Crippen molar-refractivity contribution < 1.29 is 18.7 Å². The van der Waals surface area contributed by atoms with E-state index in [9.17, 15) is 9.59 Å². The molecule has 2 heterocycles. The van der Waals surface area contributed by atoms with E-state index in [1.54, 1.807) is 49.5 Å². The number of aromatic nitrogens is 1. The van der Waals surface area contributed by atoms with Crippen LogP contribution < -0.4 is 5.73 Å². The molecule has 1 aliphatic rings. The van der Waals surface area contributed by atoms with Gasteiger partial charge in [-0.1, -0.05) is 52.7 Å². The number of benzene rings is 2. The van der Waals surface area contributed by atoms with E-state index in [4.69, 9.17) is 22.1 Å². The molecule has 0 aliphatic carbocycles. The van der Waals surface area contributed by atoms with Crippen molar-refractivity contribution in [3.63, 3.8) is 0 Å². The van der Waals surface area contributed by atoms with E-state index >= 15 is 4.39 Å². The highest BCUT2D eigenvalue weighted by Gasteiger charge is 2.54. The number of pyridine rings is 1. The molecule has 2 amide bonds. The summed E-state index contributed by atoms with van der Waals surface area (Å²) in [5, 5.41) is 0.469. The van der Waals surface area contributed by atoms with Gasteiger partial charge in [-0.25, -0.2) is 4.39 Å². The fourth-order valence-corrected chi connectivity index (χ4v) is 4.54. The molecule has 2 aromatic carbocycles. The van der Waals surface area contributed by atoms with Crippen LogP contribution in [0.25, 0.3) is 0 Å². The zero-order valence-corrected chi connectivity index (χ0v) is 20.9. The van der Waals surface area contributed by atoms with Gasteiger partial charge in [0.2, 0.25) is 5.91 Å². The lowest BCUT2D eigenvalue weighted by atomic mass is 9.92. The van der Waals surface area contributed by atoms with Gasteiger partial charge in [0.25, 0.3) is 5.91 Å². The number of hydrogen-bond acceptors (Lipinski definition) is 4. The molecule has 0 bridgehead atoms. The van der Waals surface area contributed by atoms with Crippen molar-refractivity contribution in [1.29, 1.82) is 0 Å². The minimum absolute atomic E-state index is 0.0401. The molecule has 34 heavy (non-hydrogen) atoms. The SMILES string of the molecule is Cc1ccc(CN2C(=O)c3cc(Br)cc(F)c3C2(OC[C@H](C)C(N)=O)c2ccc(Cl)cc2)nc1. The molecule has 0 saturated heterocycles. The van der Waals surface area contributed by atoms with Gasteiger partial charge in [-0.3, -0.25) is 19.5 Å². The molecular weight excluding hydrogens is 525 g/mol. The number of carbonyl (C=O) groups is 2. The fourth-order valence-electron chi connectivity index (χ4n) is 3.98.